The van der Waals surface area contributed by atoms with E-state index >= 15 is 0 Å². The molecule has 0 saturated heterocycles. The molecular weight excluding hydrogens is 258 g/mol. The van der Waals surface area contributed by atoms with Crippen LogP contribution in [0.4, 0.5) is 8.78 Å². The summed E-state index contributed by atoms with van der Waals surface area (Å²) in [6.07, 6.45) is 0. The molecular formula is C14H9ClF2O. The maximum Gasteiger partial charge on any atom is 0.193 e. The van der Waals surface area contributed by atoms with Crippen LogP contribution in [-0.2, 0) is 0 Å². The van der Waals surface area contributed by atoms with Crippen molar-refractivity contribution in [2.24, 2.45) is 0 Å². The predicted octanol–water partition coefficient (Wildman–Crippen LogP) is 4.16. The molecule has 18 heavy (non-hydrogen) atoms. The smallest absolute Gasteiger partial charge is 0.193 e. The lowest BCUT2D eigenvalue weighted by Gasteiger charge is -2.04. The first-order valence-electron chi connectivity index (χ1n) is 5.24. The third-order valence-electron chi connectivity index (χ3n) is 2.56. The standard InChI is InChI=1S/C14H9ClF2O/c1-8-2-3-9(6-13(8)17)14(18)10-4-11(15)7-12(16)5-10/h2-7H,1H3. The van der Waals surface area contributed by atoms with E-state index in [2.05, 4.69) is 0 Å². The van der Waals surface area contributed by atoms with E-state index in [0.29, 0.717) is 5.56 Å². The first-order valence-corrected chi connectivity index (χ1v) is 5.62. The molecule has 1 nitrogen and oxygen atoms in total. The second-order valence-corrected chi connectivity index (χ2v) is 4.39. The number of ketones is 1. The first-order chi connectivity index (χ1) is 8.47. The maximum atomic E-state index is 13.4. The lowest BCUT2D eigenvalue weighted by atomic mass is 10.0. The average molecular weight is 267 g/mol. The zero-order valence-electron chi connectivity index (χ0n) is 9.51. The van der Waals surface area contributed by atoms with Crippen molar-refractivity contribution in [2.45, 2.75) is 6.92 Å². The van der Waals surface area contributed by atoms with Crippen molar-refractivity contribution in [1.82, 2.24) is 0 Å². The van der Waals surface area contributed by atoms with Crippen LogP contribution in [0, 0.1) is 18.6 Å². The van der Waals surface area contributed by atoms with Crippen LogP contribution in [-0.4, -0.2) is 5.78 Å². The fraction of sp³-hybridized carbons (Fsp3) is 0.0714. The molecule has 0 radical (unpaired) electrons. The highest BCUT2D eigenvalue weighted by Crippen LogP contribution is 2.18. The minimum absolute atomic E-state index is 0.100. The van der Waals surface area contributed by atoms with Crippen molar-refractivity contribution >= 4 is 17.4 Å². The summed E-state index contributed by atoms with van der Waals surface area (Å²) < 4.78 is 26.5. The molecule has 0 N–H and O–H groups in total. The zero-order chi connectivity index (χ0) is 13.3. The second-order valence-electron chi connectivity index (χ2n) is 3.95. The Hall–Kier alpha value is -1.74. The first kappa shape index (κ1) is 12.7. The van der Waals surface area contributed by atoms with Gasteiger partial charge < -0.3 is 0 Å². The number of benzene rings is 2. The Morgan fingerprint density at radius 3 is 2.39 bits per heavy atom. The third-order valence-corrected chi connectivity index (χ3v) is 2.78. The van der Waals surface area contributed by atoms with Gasteiger partial charge in [0.25, 0.3) is 0 Å². The van der Waals surface area contributed by atoms with Crippen LogP contribution < -0.4 is 0 Å². The van der Waals surface area contributed by atoms with Gasteiger partial charge in [0.05, 0.1) is 0 Å². The number of hydrogen-bond acceptors (Lipinski definition) is 1. The van der Waals surface area contributed by atoms with Gasteiger partial charge in [-0.1, -0.05) is 23.7 Å². The number of halogens is 3. The highest BCUT2D eigenvalue weighted by atomic mass is 35.5. The normalized spacial score (nSPS) is 10.4. The van der Waals surface area contributed by atoms with E-state index < -0.39 is 17.4 Å². The lowest BCUT2D eigenvalue weighted by Crippen LogP contribution is -2.03. The van der Waals surface area contributed by atoms with Crippen LogP contribution in [0.5, 0.6) is 0 Å². The summed E-state index contributed by atoms with van der Waals surface area (Å²) in [5, 5.41) is 0.130. The van der Waals surface area contributed by atoms with Gasteiger partial charge in [-0.05, 0) is 36.8 Å². The van der Waals surface area contributed by atoms with Crippen molar-refractivity contribution in [3.05, 3.63) is 69.7 Å². The molecule has 0 saturated carbocycles. The molecule has 0 aliphatic carbocycles. The van der Waals surface area contributed by atoms with Crippen molar-refractivity contribution in [1.29, 1.82) is 0 Å². The Labute approximate surface area is 108 Å². The van der Waals surface area contributed by atoms with Crippen molar-refractivity contribution in [2.75, 3.05) is 0 Å². The SMILES string of the molecule is Cc1ccc(C(=O)c2cc(F)cc(Cl)c2)cc1F. The zero-order valence-corrected chi connectivity index (χ0v) is 10.3. The van der Waals surface area contributed by atoms with Crippen LogP contribution in [0.25, 0.3) is 0 Å². The van der Waals surface area contributed by atoms with Crippen molar-refractivity contribution in [3.8, 4) is 0 Å². The van der Waals surface area contributed by atoms with Gasteiger partial charge in [0.2, 0.25) is 0 Å². The van der Waals surface area contributed by atoms with Crippen LogP contribution in [0.3, 0.4) is 0 Å². The Bertz CT molecular complexity index is 603. The molecule has 2 aromatic carbocycles. The number of hydrogen-bond donors (Lipinski definition) is 0. The number of carbonyl (C=O) groups is 1. The molecule has 0 aliphatic heterocycles. The second kappa shape index (κ2) is 4.86. The molecule has 0 fully saturated rings. The van der Waals surface area contributed by atoms with Gasteiger partial charge in [-0.2, -0.15) is 0 Å². The van der Waals surface area contributed by atoms with E-state index in [0.717, 1.165) is 18.2 Å². The van der Waals surface area contributed by atoms with Crippen LogP contribution in [0.15, 0.2) is 36.4 Å². The Morgan fingerprint density at radius 1 is 1.06 bits per heavy atom. The molecule has 0 atom stereocenters. The molecule has 0 heterocycles. The molecule has 0 unspecified atom stereocenters. The Balaban J connectivity index is 2.44. The predicted molar refractivity (Wildman–Crippen MR) is 66.0 cm³/mol. The van der Waals surface area contributed by atoms with Crippen LogP contribution in [0.1, 0.15) is 21.5 Å². The van der Waals surface area contributed by atoms with E-state index in [1.165, 1.54) is 18.2 Å². The summed E-state index contributed by atoms with van der Waals surface area (Å²) in [5.74, 6) is -1.53. The van der Waals surface area contributed by atoms with E-state index in [4.69, 9.17) is 11.6 Å². The van der Waals surface area contributed by atoms with Crippen LogP contribution >= 0.6 is 11.6 Å². The van der Waals surface area contributed by atoms with E-state index in [1.807, 2.05) is 0 Å². The van der Waals surface area contributed by atoms with Crippen LogP contribution in [0.2, 0.25) is 5.02 Å². The Morgan fingerprint density at radius 2 is 1.78 bits per heavy atom. The minimum atomic E-state index is -0.599. The van der Waals surface area contributed by atoms with E-state index in [-0.39, 0.29) is 16.1 Å². The quantitative estimate of drug-likeness (QED) is 0.746. The number of rotatable bonds is 2. The molecule has 0 aliphatic rings. The summed E-state index contributed by atoms with van der Waals surface area (Å²) in [5.41, 5.74) is 0.715. The van der Waals surface area contributed by atoms with Gasteiger partial charge >= 0.3 is 0 Å². The van der Waals surface area contributed by atoms with Gasteiger partial charge in [-0.3, -0.25) is 4.79 Å². The summed E-state index contributed by atoms with van der Waals surface area (Å²) in [4.78, 5) is 12.0. The largest absolute Gasteiger partial charge is 0.289 e. The third kappa shape index (κ3) is 2.57. The molecule has 2 aromatic rings. The minimum Gasteiger partial charge on any atom is -0.289 e. The fourth-order valence-corrected chi connectivity index (χ4v) is 1.81. The van der Waals surface area contributed by atoms with Gasteiger partial charge in [-0.25, -0.2) is 8.78 Å². The maximum absolute atomic E-state index is 13.4. The molecule has 0 aromatic heterocycles. The molecule has 0 bridgehead atoms. The summed E-state index contributed by atoms with van der Waals surface area (Å²) in [7, 11) is 0. The highest BCUT2D eigenvalue weighted by molar-refractivity contribution is 6.31. The Kier molecular flexibility index (Phi) is 3.43. The summed E-state index contributed by atoms with van der Waals surface area (Å²) in [6, 6.07) is 7.67. The summed E-state index contributed by atoms with van der Waals surface area (Å²) >= 11 is 5.67. The average Bonchev–Trinajstić information content (AvgIpc) is 2.30. The molecule has 92 valence electrons. The molecule has 2 rings (SSSR count). The van der Waals surface area contributed by atoms with Gasteiger partial charge in [0.1, 0.15) is 11.6 Å². The molecule has 4 heteroatoms. The number of aryl methyl sites for hydroxylation is 1. The molecule has 0 amide bonds. The fourth-order valence-electron chi connectivity index (χ4n) is 1.59. The van der Waals surface area contributed by atoms with E-state index in [1.54, 1.807) is 6.92 Å². The van der Waals surface area contributed by atoms with E-state index in [9.17, 15) is 13.6 Å². The highest BCUT2D eigenvalue weighted by Gasteiger charge is 2.12. The topological polar surface area (TPSA) is 17.1 Å². The molecule has 0 spiro atoms. The van der Waals surface area contributed by atoms with Gasteiger partial charge in [0.15, 0.2) is 5.78 Å². The monoisotopic (exact) mass is 266 g/mol. The lowest BCUT2D eigenvalue weighted by molar-refractivity contribution is 0.103. The van der Waals surface area contributed by atoms with Gasteiger partial charge in [0, 0.05) is 16.1 Å². The number of carbonyl (C=O) groups excluding carboxylic acids is 1. The summed E-state index contributed by atoms with van der Waals surface area (Å²) in [6.45, 7) is 1.60. The van der Waals surface area contributed by atoms with Crippen molar-refractivity contribution < 1.29 is 13.6 Å². The van der Waals surface area contributed by atoms with Gasteiger partial charge in [-0.15, -0.1) is 0 Å². The van der Waals surface area contributed by atoms with Crippen molar-refractivity contribution in [3.63, 3.8) is 0 Å².